The van der Waals surface area contributed by atoms with E-state index in [1.165, 1.54) is 18.4 Å². The zero-order chi connectivity index (χ0) is 14.2. The molecule has 4 heteroatoms. The van der Waals surface area contributed by atoms with Gasteiger partial charge >= 0.3 is 0 Å². The largest absolute Gasteiger partial charge is 0.256 e. The molecule has 104 valence electrons. The van der Waals surface area contributed by atoms with Gasteiger partial charge in [-0.2, -0.15) is 0 Å². The summed E-state index contributed by atoms with van der Waals surface area (Å²) in [7, 11) is 0. The SMILES string of the molecule is Clc1nc2c(c(-c3cnc4ccccc4c3)n1)CCCC2. The lowest BCUT2D eigenvalue weighted by Crippen LogP contribution is -2.09. The number of para-hydroxylation sites is 1. The van der Waals surface area contributed by atoms with Crippen LogP contribution in [-0.2, 0) is 12.8 Å². The van der Waals surface area contributed by atoms with Crippen molar-refractivity contribution in [1.82, 2.24) is 15.0 Å². The Morgan fingerprint density at radius 1 is 1.00 bits per heavy atom. The average molecular weight is 296 g/mol. The van der Waals surface area contributed by atoms with Crippen LogP contribution in [0.5, 0.6) is 0 Å². The van der Waals surface area contributed by atoms with Gasteiger partial charge in [0.15, 0.2) is 0 Å². The second kappa shape index (κ2) is 5.08. The standard InChI is InChI=1S/C17H14ClN3/c18-17-20-15-8-4-2-6-13(15)16(21-17)12-9-11-5-1-3-7-14(11)19-10-12/h1,3,5,7,9-10H,2,4,6,8H2. The molecule has 0 N–H and O–H groups in total. The van der Waals surface area contributed by atoms with Gasteiger partial charge in [-0.15, -0.1) is 0 Å². The van der Waals surface area contributed by atoms with Gasteiger partial charge in [0.05, 0.1) is 11.2 Å². The quantitative estimate of drug-likeness (QED) is 0.631. The molecule has 4 rings (SSSR count). The van der Waals surface area contributed by atoms with Gasteiger partial charge in [-0.1, -0.05) is 18.2 Å². The molecule has 0 fully saturated rings. The number of hydrogen-bond donors (Lipinski definition) is 0. The molecule has 21 heavy (non-hydrogen) atoms. The molecule has 1 aliphatic rings. The molecular weight excluding hydrogens is 282 g/mol. The molecule has 0 amide bonds. The molecule has 2 heterocycles. The lowest BCUT2D eigenvalue weighted by atomic mass is 9.92. The molecule has 0 bridgehead atoms. The summed E-state index contributed by atoms with van der Waals surface area (Å²) in [5, 5.41) is 1.45. The van der Waals surface area contributed by atoms with Crippen LogP contribution in [0.4, 0.5) is 0 Å². The van der Waals surface area contributed by atoms with Crippen LogP contribution in [-0.4, -0.2) is 15.0 Å². The minimum atomic E-state index is 0.332. The van der Waals surface area contributed by atoms with Crippen LogP contribution in [0, 0.1) is 0 Å². The monoisotopic (exact) mass is 295 g/mol. The van der Waals surface area contributed by atoms with Crippen molar-refractivity contribution in [3.63, 3.8) is 0 Å². The van der Waals surface area contributed by atoms with Gasteiger partial charge in [0.1, 0.15) is 0 Å². The maximum absolute atomic E-state index is 6.11. The third-order valence-electron chi connectivity index (χ3n) is 4.02. The van der Waals surface area contributed by atoms with Crippen molar-refractivity contribution in [2.75, 3.05) is 0 Å². The molecule has 1 aromatic carbocycles. The zero-order valence-electron chi connectivity index (χ0n) is 11.5. The van der Waals surface area contributed by atoms with Crippen molar-refractivity contribution < 1.29 is 0 Å². The Balaban J connectivity index is 1.93. The third-order valence-corrected chi connectivity index (χ3v) is 4.19. The number of aryl methyl sites for hydroxylation is 1. The normalized spacial score (nSPS) is 14.1. The van der Waals surface area contributed by atoms with Gasteiger partial charge in [-0.05, 0) is 49.4 Å². The average Bonchev–Trinajstić information content (AvgIpc) is 2.53. The summed E-state index contributed by atoms with van der Waals surface area (Å²) in [6, 6.07) is 10.2. The van der Waals surface area contributed by atoms with Crippen LogP contribution < -0.4 is 0 Å². The van der Waals surface area contributed by atoms with Gasteiger partial charge in [0.2, 0.25) is 5.28 Å². The van der Waals surface area contributed by atoms with Crippen LogP contribution in [0.25, 0.3) is 22.2 Å². The lowest BCUT2D eigenvalue weighted by Gasteiger charge is -2.18. The number of benzene rings is 1. The van der Waals surface area contributed by atoms with Gasteiger partial charge in [0, 0.05) is 28.4 Å². The van der Waals surface area contributed by atoms with E-state index in [1.807, 2.05) is 24.4 Å². The smallest absolute Gasteiger partial charge is 0.223 e. The zero-order valence-corrected chi connectivity index (χ0v) is 12.3. The van der Waals surface area contributed by atoms with E-state index < -0.39 is 0 Å². The Morgan fingerprint density at radius 2 is 1.86 bits per heavy atom. The first-order valence-corrected chi connectivity index (χ1v) is 7.59. The predicted molar refractivity (Wildman–Crippen MR) is 84.4 cm³/mol. The minimum Gasteiger partial charge on any atom is -0.256 e. The summed E-state index contributed by atoms with van der Waals surface area (Å²) in [4.78, 5) is 13.4. The topological polar surface area (TPSA) is 38.7 Å². The van der Waals surface area contributed by atoms with Gasteiger partial charge in [-0.3, -0.25) is 4.98 Å². The summed E-state index contributed by atoms with van der Waals surface area (Å²) in [5.41, 5.74) is 5.31. The molecule has 3 aromatic rings. The van der Waals surface area contributed by atoms with E-state index >= 15 is 0 Å². The number of halogens is 1. The van der Waals surface area contributed by atoms with Crippen LogP contribution in [0.1, 0.15) is 24.1 Å². The maximum Gasteiger partial charge on any atom is 0.223 e. The van der Waals surface area contributed by atoms with Crippen LogP contribution in [0.2, 0.25) is 5.28 Å². The lowest BCUT2D eigenvalue weighted by molar-refractivity contribution is 0.664. The minimum absolute atomic E-state index is 0.332. The first kappa shape index (κ1) is 12.7. The molecule has 0 unspecified atom stereocenters. The van der Waals surface area contributed by atoms with Crippen molar-refractivity contribution in [1.29, 1.82) is 0 Å². The highest BCUT2D eigenvalue weighted by Gasteiger charge is 2.18. The van der Waals surface area contributed by atoms with E-state index in [2.05, 4.69) is 27.1 Å². The second-order valence-electron chi connectivity index (χ2n) is 5.39. The molecule has 0 atom stereocenters. The fourth-order valence-electron chi connectivity index (χ4n) is 3.00. The van der Waals surface area contributed by atoms with E-state index in [0.29, 0.717) is 5.28 Å². The van der Waals surface area contributed by atoms with E-state index in [0.717, 1.165) is 40.7 Å². The first-order valence-electron chi connectivity index (χ1n) is 7.22. The molecule has 1 aliphatic carbocycles. The number of pyridine rings is 1. The number of fused-ring (bicyclic) bond motifs is 2. The molecule has 2 aromatic heterocycles. The Bertz CT molecular complexity index is 829. The van der Waals surface area contributed by atoms with Crippen LogP contribution in [0.3, 0.4) is 0 Å². The van der Waals surface area contributed by atoms with Crippen molar-refractivity contribution in [3.8, 4) is 11.3 Å². The first-order chi connectivity index (χ1) is 10.3. The maximum atomic E-state index is 6.11. The Morgan fingerprint density at radius 3 is 2.81 bits per heavy atom. The van der Waals surface area contributed by atoms with E-state index in [4.69, 9.17) is 11.6 Å². The fraction of sp³-hybridized carbons (Fsp3) is 0.235. The molecule has 0 radical (unpaired) electrons. The Hall–Kier alpha value is -2.00. The molecule has 0 spiro atoms. The predicted octanol–water partition coefficient (Wildman–Crippen LogP) is 4.22. The van der Waals surface area contributed by atoms with Gasteiger partial charge in [-0.25, -0.2) is 9.97 Å². The molecule has 0 saturated carbocycles. The highest BCUT2D eigenvalue weighted by Crippen LogP contribution is 2.31. The van der Waals surface area contributed by atoms with Crippen LogP contribution in [0.15, 0.2) is 36.5 Å². The van der Waals surface area contributed by atoms with E-state index in [1.54, 1.807) is 0 Å². The highest BCUT2D eigenvalue weighted by atomic mass is 35.5. The van der Waals surface area contributed by atoms with Gasteiger partial charge < -0.3 is 0 Å². The van der Waals surface area contributed by atoms with Gasteiger partial charge in [0.25, 0.3) is 0 Å². The second-order valence-corrected chi connectivity index (χ2v) is 5.73. The summed E-state index contributed by atoms with van der Waals surface area (Å²) in [5.74, 6) is 0. The third kappa shape index (κ3) is 2.28. The molecule has 3 nitrogen and oxygen atoms in total. The van der Waals surface area contributed by atoms with E-state index in [-0.39, 0.29) is 0 Å². The van der Waals surface area contributed by atoms with Crippen LogP contribution >= 0.6 is 11.6 Å². The number of nitrogens with zero attached hydrogens (tertiary/aromatic N) is 3. The Kier molecular flexibility index (Phi) is 3.08. The van der Waals surface area contributed by atoms with Crippen molar-refractivity contribution in [3.05, 3.63) is 53.1 Å². The summed E-state index contributed by atoms with van der Waals surface area (Å²) in [6.07, 6.45) is 6.26. The highest BCUT2D eigenvalue weighted by molar-refractivity contribution is 6.28. The molecule has 0 aliphatic heterocycles. The molecular formula is C17H14ClN3. The Labute approximate surface area is 128 Å². The summed E-state index contributed by atoms with van der Waals surface area (Å²) < 4.78 is 0. The van der Waals surface area contributed by atoms with Crippen molar-refractivity contribution in [2.24, 2.45) is 0 Å². The van der Waals surface area contributed by atoms with Crippen molar-refractivity contribution >= 4 is 22.5 Å². The summed E-state index contributed by atoms with van der Waals surface area (Å²) >= 11 is 6.11. The number of rotatable bonds is 1. The fourth-order valence-corrected chi connectivity index (χ4v) is 3.19. The number of hydrogen-bond acceptors (Lipinski definition) is 3. The molecule has 0 saturated heterocycles. The van der Waals surface area contributed by atoms with E-state index in [9.17, 15) is 0 Å². The number of aromatic nitrogens is 3. The summed E-state index contributed by atoms with van der Waals surface area (Å²) in [6.45, 7) is 0. The van der Waals surface area contributed by atoms with Crippen molar-refractivity contribution in [2.45, 2.75) is 25.7 Å².